The van der Waals surface area contributed by atoms with E-state index in [-0.39, 0.29) is 5.91 Å². The molecule has 2 rings (SSSR count). The van der Waals surface area contributed by atoms with Crippen molar-refractivity contribution >= 4 is 33.2 Å². The predicted octanol–water partition coefficient (Wildman–Crippen LogP) is 3.90. The highest BCUT2D eigenvalue weighted by Crippen LogP contribution is 2.24. The van der Waals surface area contributed by atoms with Crippen molar-refractivity contribution in [1.29, 1.82) is 0 Å². The molecule has 0 aromatic heterocycles. The molecule has 0 aliphatic rings. The first-order valence-electron chi connectivity index (χ1n) is 5.91. The molecule has 4 heteroatoms. The van der Waals surface area contributed by atoms with Gasteiger partial charge < -0.3 is 11.1 Å². The van der Waals surface area contributed by atoms with Crippen molar-refractivity contribution in [1.82, 2.24) is 0 Å². The fourth-order valence-electron chi connectivity index (χ4n) is 1.80. The van der Waals surface area contributed by atoms with Gasteiger partial charge in [0.25, 0.3) is 5.91 Å². The molecule has 98 valence electrons. The van der Waals surface area contributed by atoms with Crippen LogP contribution in [0.3, 0.4) is 0 Å². The molecule has 3 nitrogen and oxygen atoms in total. The van der Waals surface area contributed by atoms with Gasteiger partial charge in [-0.2, -0.15) is 0 Å². The summed E-state index contributed by atoms with van der Waals surface area (Å²) in [6.07, 6.45) is 0. The second-order valence-corrected chi connectivity index (χ2v) is 5.29. The summed E-state index contributed by atoms with van der Waals surface area (Å²) in [5.41, 5.74) is 9.86. The summed E-state index contributed by atoms with van der Waals surface area (Å²) in [5, 5.41) is 2.87. The fourth-order valence-corrected chi connectivity index (χ4v) is 2.18. The molecule has 0 unspecified atom stereocenters. The van der Waals surface area contributed by atoms with E-state index in [4.69, 9.17) is 5.73 Å². The minimum absolute atomic E-state index is 0.113. The lowest BCUT2D eigenvalue weighted by Crippen LogP contribution is -2.13. The number of nitrogens with two attached hydrogens (primary N) is 1. The van der Waals surface area contributed by atoms with Crippen molar-refractivity contribution in [3.63, 3.8) is 0 Å². The molecule has 0 saturated carbocycles. The van der Waals surface area contributed by atoms with E-state index in [1.165, 1.54) is 0 Å². The van der Waals surface area contributed by atoms with E-state index in [0.29, 0.717) is 16.9 Å². The van der Waals surface area contributed by atoms with Crippen LogP contribution < -0.4 is 11.1 Å². The first-order chi connectivity index (χ1) is 8.99. The highest BCUT2D eigenvalue weighted by molar-refractivity contribution is 9.10. The Morgan fingerprint density at radius 3 is 2.63 bits per heavy atom. The Balaban J connectivity index is 2.26. The molecule has 0 aliphatic carbocycles. The standard InChI is InChI=1S/C15H15BrN2O/c1-9-4-3-5-12(10(9)2)15(19)18-11-6-7-14(17)13(16)8-11/h3-8H,17H2,1-2H3,(H,18,19). The number of carbonyl (C=O) groups excluding carboxylic acids is 1. The number of nitrogens with one attached hydrogen (secondary N) is 1. The van der Waals surface area contributed by atoms with Gasteiger partial charge in [-0.05, 0) is 65.2 Å². The zero-order valence-corrected chi connectivity index (χ0v) is 12.4. The van der Waals surface area contributed by atoms with Crippen LogP contribution in [0.15, 0.2) is 40.9 Å². The van der Waals surface area contributed by atoms with E-state index >= 15 is 0 Å². The first kappa shape index (κ1) is 13.6. The van der Waals surface area contributed by atoms with Gasteiger partial charge in [-0.1, -0.05) is 12.1 Å². The minimum Gasteiger partial charge on any atom is -0.398 e. The summed E-state index contributed by atoms with van der Waals surface area (Å²) in [6.45, 7) is 3.94. The van der Waals surface area contributed by atoms with Crippen LogP contribution in [0.5, 0.6) is 0 Å². The van der Waals surface area contributed by atoms with Crippen LogP contribution >= 0.6 is 15.9 Å². The van der Waals surface area contributed by atoms with Gasteiger partial charge in [0.2, 0.25) is 0 Å². The molecule has 0 spiro atoms. The van der Waals surface area contributed by atoms with E-state index in [9.17, 15) is 4.79 Å². The maximum absolute atomic E-state index is 12.2. The SMILES string of the molecule is Cc1cccc(C(=O)Nc2ccc(N)c(Br)c2)c1C. The Hall–Kier alpha value is -1.81. The summed E-state index contributed by atoms with van der Waals surface area (Å²) in [5.74, 6) is -0.113. The molecule has 1 amide bonds. The number of aryl methyl sites for hydroxylation is 1. The third kappa shape index (κ3) is 2.96. The third-order valence-corrected chi connectivity index (χ3v) is 3.79. The Bertz CT molecular complexity index is 638. The monoisotopic (exact) mass is 318 g/mol. The quantitative estimate of drug-likeness (QED) is 0.825. The largest absolute Gasteiger partial charge is 0.398 e. The van der Waals surface area contributed by atoms with Crippen molar-refractivity contribution < 1.29 is 4.79 Å². The Labute approximate surface area is 121 Å². The summed E-state index contributed by atoms with van der Waals surface area (Å²) in [4.78, 5) is 12.2. The number of hydrogen-bond donors (Lipinski definition) is 2. The van der Waals surface area contributed by atoms with Crippen LogP contribution in [0, 0.1) is 13.8 Å². The zero-order chi connectivity index (χ0) is 14.0. The minimum atomic E-state index is -0.113. The Morgan fingerprint density at radius 1 is 1.21 bits per heavy atom. The van der Waals surface area contributed by atoms with Gasteiger partial charge >= 0.3 is 0 Å². The van der Waals surface area contributed by atoms with E-state index in [1.54, 1.807) is 18.2 Å². The average molecular weight is 319 g/mol. The van der Waals surface area contributed by atoms with E-state index in [1.807, 2.05) is 32.0 Å². The van der Waals surface area contributed by atoms with Gasteiger partial charge in [0.15, 0.2) is 0 Å². The van der Waals surface area contributed by atoms with Crippen molar-refractivity contribution in [2.24, 2.45) is 0 Å². The molecule has 3 N–H and O–H groups in total. The van der Waals surface area contributed by atoms with Gasteiger partial charge in [0.1, 0.15) is 0 Å². The summed E-state index contributed by atoms with van der Waals surface area (Å²) in [7, 11) is 0. The topological polar surface area (TPSA) is 55.1 Å². The summed E-state index contributed by atoms with van der Waals surface area (Å²) < 4.78 is 0.770. The normalized spacial score (nSPS) is 10.3. The molecular formula is C15H15BrN2O. The number of nitrogen functional groups attached to an aromatic ring is 1. The van der Waals surface area contributed by atoms with Crippen LogP contribution in [0.2, 0.25) is 0 Å². The van der Waals surface area contributed by atoms with E-state index in [0.717, 1.165) is 15.6 Å². The molecule has 2 aromatic rings. The number of benzene rings is 2. The first-order valence-corrected chi connectivity index (χ1v) is 6.71. The number of carbonyl (C=O) groups is 1. The van der Waals surface area contributed by atoms with Gasteiger partial charge in [0.05, 0.1) is 0 Å². The molecule has 0 atom stereocenters. The van der Waals surface area contributed by atoms with Gasteiger partial charge in [-0.15, -0.1) is 0 Å². The number of halogens is 1. The van der Waals surface area contributed by atoms with Crippen molar-refractivity contribution in [2.75, 3.05) is 11.1 Å². The van der Waals surface area contributed by atoms with Gasteiger partial charge in [-0.25, -0.2) is 0 Å². The van der Waals surface area contributed by atoms with Gasteiger partial charge in [-0.3, -0.25) is 4.79 Å². The summed E-state index contributed by atoms with van der Waals surface area (Å²) in [6, 6.07) is 11.0. The summed E-state index contributed by atoms with van der Waals surface area (Å²) >= 11 is 3.34. The maximum atomic E-state index is 12.2. The fraction of sp³-hybridized carbons (Fsp3) is 0.133. The number of rotatable bonds is 2. The van der Waals surface area contributed by atoms with Crippen LogP contribution in [-0.2, 0) is 0 Å². The van der Waals surface area contributed by atoms with Crippen LogP contribution in [0.4, 0.5) is 11.4 Å². The Kier molecular flexibility index (Phi) is 3.90. The van der Waals surface area contributed by atoms with Crippen molar-refractivity contribution in [3.8, 4) is 0 Å². The predicted molar refractivity (Wildman–Crippen MR) is 82.4 cm³/mol. The average Bonchev–Trinajstić information content (AvgIpc) is 2.37. The molecule has 0 saturated heterocycles. The number of anilines is 2. The third-order valence-electron chi connectivity index (χ3n) is 3.11. The second-order valence-electron chi connectivity index (χ2n) is 4.44. The highest BCUT2D eigenvalue weighted by Gasteiger charge is 2.10. The molecule has 0 bridgehead atoms. The lowest BCUT2D eigenvalue weighted by Gasteiger charge is -2.10. The zero-order valence-electron chi connectivity index (χ0n) is 10.8. The molecule has 2 aromatic carbocycles. The number of amides is 1. The van der Waals surface area contributed by atoms with Crippen LogP contribution in [-0.4, -0.2) is 5.91 Å². The molecular weight excluding hydrogens is 304 g/mol. The van der Waals surface area contributed by atoms with Crippen molar-refractivity contribution in [2.45, 2.75) is 13.8 Å². The molecule has 0 heterocycles. The van der Waals surface area contributed by atoms with Gasteiger partial charge in [0, 0.05) is 21.4 Å². The lowest BCUT2D eigenvalue weighted by atomic mass is 10.0. The number of hydrogen-bond acceptors (Lipinski definition) is 2. The smallest absolute Gasteiger partial charge is 0.255 e. The lowest BCUT2D eigenvalue weighted by molar-refractivity contribution is 0.102. The highest BCUT2D eigenvalue weighted by atomic mass is 79.9. The van der Waals surface area contributed by atoms with Crippen LogP contribution in [0.25, 0.3) is 0 Å². The van der Waals surface area contributed by atoms with E-state index < -0.39 is 0 Å². The molecule has 0 fully saturated rings. The Morgan fingerprint density at radius 2 is 1.95 bits per heavy atom. The second kappa shape index (κ2) is 5.45. The van der Waals surface area contributed by atoms with Crippen LogP contribution in [0.1, 0.15) is 21.5 Å². The maximum Gasteiger partial charge on any atom is 0.255 e. The van der Waals surface area contributed by atoms with Crippen molar-refractivity contribution in [3.05, 3.63) is 57.6 Å². The molecule has 0 aliphatic heterocycles. The molecule has 19 heavy (non-hydrogen) atoms. The molecule has 0 radical (unpaired) electrons. The van der Waals surface area contributed by atoms with E-state index in [2.05, 4.69) is 21.2 Å².